The van der Waals surface area contributed by atoms with Gasteiger partial charge in [-0.15, -0.1) is 0 Å². The molecule has 0 radical (unpaired) electrons. The first-order chi connectivity index (χ1) is 8.13. The lowest BCUT2D eigenvalue weighted by Crippen LogP contribution is -2.58. The molecule has 0 aromatic carbocycles. The maximum atomic E-state index is 6.38. The summed E-state index contributed by atoms with van der Waals surface area (Å²) in [4.78, 5) is 0. The molecule has 0 aliphatic heterocycles. The van der Waals surface area contributed by atoms with Crippen molar-refractivity contribution in [2.24, 2.45) is 35.4 Å². The molecule has 2 N–H and O–H groups in total. The number of hydrazine groups is 1. The van der Waals surface area contributed by atoms with Crippen molar-refractivity contribution in [2.45, 2.75) is 58.4 Å². The fourth-order valence-electron chi connectivity index (χ4n) is 4.99. The molecule has 0 atom stereocenters. The van der Waals surface area contributed by atoms with Gasteiger partial charge in [-0.3, -0.25) is 5.84 Å². The van der Waals surface area contributed by atoms with Gasteiger partial charge in [0, 0.05) is 12.6 Å². The molecule has 0 aromatic heterocycles. The average Bonchev–Trinajstić information content (AvgIpc) is 2.24. The third-order valence-electron chi connectivity index (χ3n) is 5.52. The van der Waals surface area contributed by atoms with Crippen LogP contribution in [-0.2, 0) is 0 Å². The molecule has 4 fully saturated rings. The van der Waals surface area contributed by atoms with Crippen LogP contribution >= 0.6 is 0 Å². The molecule has 98 valence electrons. The van der Waals surface area contributed by atoms with E-state index in [9.17, 15) is 0 Å². The second-order valence-electron chi connectivity index (χ2n) is 7.34. The van der Waals surface area contributed by atoms with Crippen LogP contribution in [0, 0.1) is 29.6 Å². The van der Waals surface area contributed by atoms with Crippen LogP contribution in [0.25, 0.3) is 0 Å². The largest absolute Gasteiger partial charge is 0.269 e. The van der Waals surface area contributed by atoms with Gasteiger partial charge in [0.05, 0.1) is 0 Å². The van der Waals surface area contributed by atoms with E-state index in [0.29, 0.717) is 0 Å². The summed E-state index contributed by atoms with van der Waals surface area (Å²) in [6.07, 6.45) is 8.70. The Hall–Kier alpha value is -0.0800. The van der Waals surface area contributed by atoms with Crippen molar-refractivity contribution in [3.8, 4) is 0 Å². The highest BCUT2D eigenvalue weighted by Crippen LogP contribution is 2.54. The van der Waals surface area contributed by atoms with Gasteiger partial charge in [0.15, 0.2) is 0 Å². The van der Waals surface area contributed by atoms with Gasteiger partial charge >= 0.3 is 0 Å². The molecule has 2 nitrogen and oxygen atoms in total. The molecule has 4 aliphatic carbocycles. The zero-order valence-electron chi connectivity index (χ0n) is 11.4. The van der Waals surface area contributed by atoms with Gasteiger partial charge in [0.2, 0.25) is 0 Å². The Balaban J connectivity index is 1.63. The van der Waals surface area contributed by atoms with E-state index in [-0.39, 0.29) is 0 Å². The van der Waals surface area contributed by atoms with Gasteiger partial charge in [-0.2, -0.15) is 0 Å². The monoisotopic (exact) mass is 236 g/mol. The first kappa shape index (κ1) is 12.0. The Morgan fingerprint density at radius 3 is 2.00 bits per heavy atom. The van der Waals surface area contributed by atoms with Crippen LogP contribution in [0.1, 0.15) is 52.4 Å². The highest BCUT2D eigenvalue weighted by molar-refractivity contribution is 5.01. The van der Waals surface area contributed by atoms with Crippen LogP contribution in [0.15, 0.2) is 0 Å². The predicted molar refractivity (Wildman–Crippen MR) is 71.2 cm³/mol. The summed E-state index contributed by atoms with van der Waals surface area (Å²) in [5, 5.41) is 2.23. The maximum absolute atomic E-state index is 6.38. The Kier molecular flexibility index (Phi) is 3.20. The highest BCUT2D eigenvalue weighted by Gasteiger charge is 2.49. The predicted octanol–water partition coefficient (Wildman–Crippen LogP) is 3.03. The summed E-state index contributed by atoms with van der Waals surface area (Å²) >= 11 is 0. The molecule has 4 aliphatic rings. The number of nitrogens with two attached hydrogens (primary N) is 1. The van der Waals surface area contributed by atoms with E-state index in [1.54, 1.807) is 0 Å². The minimum atomic E-state index is 0.724. The van der Waals surface area contributed by atoms with Crippen molar-refractivity contribution < 1.29 is 0 Å². The van der Waals surface area contributed by atoms with Gasteiger partial charge in [0.25, 0.3) is 0 Å². The van der Waals surface area contributed by atoms with Crippen LogP contribution in [-0.4, -0.2) is 17.6 Å². The minimum absolute atomic E-state index is 0.724. The second kappa shape index (κ2) is 4.55. The first-order valence-electron chi connectivity index (χ1n) is 7.64. The highest BCUT2D eigenvalue weighted by atomic mass is 15.4. The molecule has 4 rings (SSSR count). The standard InChI is InChI=1S/C15H28N2/c1-10(2)3-4-17(16)15-13-6-11-5-12(8-13)9-14(15)7-11/h10-15H,3-9,16H2,1-2H3. The van der Waals surface area contributed by atoms with Crippen molar-refractivity contribution in [2.75, 3.05) is 6.54 Å². The molecule has 0 heterocycles. The molecule has 17 heavy (non-hydrogen) atoms. The summed E-state index contributed by atoms with van der Waals surface area (Å²) in [6.45, 7) is 5.69. The zero-order chi connectivity index (χ0) is 12.0. The lowest BCUT2D eigenvalue weighted by molar-refractivity contribution is -0.0670. The normalized spacial score (nSPS) is 43.9. The average molecular weight is 236 g/mol. The third-order valence-corrected chi connectivity index (χ3v) is 5.52. The molecule has 0 amide bonds. The number of rotatable bonds is 4. The molecule has 0 spiro atoms. The Bertz CT molecular complexity index is 246. The van der Waals surface area contributed by atoms with E-state index in [2.05, 4.69) is 18.9 Å². The molecular weight excluding hydrogens is 208 g/mol. The summed E-state index contributed by atoms with van der Waals surface area (Å²) in [7, 11) is 0. The van der Waals surface area contributed by atoms with Gasteiger partial charge in [-0.05, 0) is 68.1 Å². The summed E-state index contributed by atoms with van der Waals surface area (Å²) in [5.41, 5.74) is 0. The second-order valence-corrected chi connectivity index (χ2v) is 7.34. The van der Waals surface area contributed by atoms with Crippen molar-refractivity contribution in [3.63, 3.8) is 0 Å². The lowest BCUT2D eigenvalue weighted by Gasteiger charge is -2.56. The van der Waals surface area contributed by atoms with E-state index in [1.165, 1.54) is 38.5 Å². The zero-order valence-corrected chi connectivity index (χ0v) is 11.4. The quantitative estimate of drug-likeness (QED) is 0.600. The smallest absolute Gasteiger partial charge is 0.0297 e. The molecule has 0 aromatic rings. The topological polar surface area (TPSA) is 29.3 Å². The summed E-state index contributed by atoms with van der Waals surface area (Å²) < 4.78 is 0. The van der Waals surface area contributed by atoms with Crippen molar-refractivity contribution in [3.05, 3.63) is 0 Å². The van der Waals surface area contributed by atoms with Crippen LogP contribution in [0.2, 0.25) is 0 Å². The van der Waals surface area contributed by atoms with Crippen LogP contribution in [0.3, 0.4) is 0 Å². The fraction of sp³-hybridized carbons (Fsp3) is 1.00. The third kappa shape index (κ3) is 2.26. The van der Waals surface area contributed by atoms with Gasteiger partial charge in [-0.25, -0.2) is 5.01 Å². The molecule has 4 saturated carbocycles. The van der Waals surface area contributed by atoms with Gasteiger partial charge < -0.3 is 0 Å². The first-order valence-corrected chi connectivity index (χ1v) is 7.64. The SMILES string of the molecule is CC(C)CCN(N)C1C2CC3CC(C2)CC1C3. The molecule has 0 saturated heterocycles. The van der Waals surface area contributed by atoms with E-state index < -0.39 is 0 Å². The lowest BCUT2D eigenvalue weighted by atomic mass is 9.54. The molecule has 0 unspecified atom stereocenters. The van der Waals surface area contributed by atoms with Gasteiger partial charge in [-0.1, -0.05) is 13.8 Å². The van der Waals surface area contributed by atoms with E-state index in [4.69, 9.17) is 5.84 Å². The molecular formula is C15H28N2. The minimum Gasteiger partial charge on any atom is -0.269 e. The Labute approximate surface area is 106 Å². The van der Waals surface area contributed by atoms with E-state index in [1.807, 2.05) is 0 Å². The van der Waals surface area contributed by atoms with Crippen molar-refractivity contribution in [1.29, 1.82) is 0 Å². The van der Waals surface area contributed by atoms with Crippen LogP contribution < -0.4 is 5.84 Å². The van der Waals surface area contributed by atoms with E-state index in [0.717, 1.165) is 42.2 Å². The fourth-order valence-corrected chi connectivity index (χ4v) is 4.99. The summed E-state index contributed by atoms with van der Waals surface area (Å²) in [6, 6.07) is 0.724. The van der Waals surface area contributed by atoms with Gasteiger partial charge in [0.1, 0.15) is 0 Å². The van der Waals surface area contributed by atoms with Crippen LogP contribution in [0.4, 0.5) is 0 Å². The number of nitrogens with zero attached hydrogens (tertiary/aromatic N) is 1. The summed E-state index contributed by atoms with van der Waals surface area (Å²) in [5.74, 6) is 11.1. The molecule has 2 heteroatoms. The van der Waals surface area contributed by atoms with Crippen LogP contribution in [0.5, 0.6) is 0 Å². The number of hydrogen-bond donors (Lipinski definition) is 1. The van der Waals surface area contributed by atoms with E-state index >= 15 is 0 Å². The number of hydrogen-bond acceptors (Lipinski definition) is 2. The van der Waals surface area contributed by atoms with Crippen molar-refractivity contribution >= 4 is 0 Å². The Morgan fingerprint density at radius 1 is 1.00 bits per heavy atom. The molecule has 4 bridgehead atoms. The maximum Gasteiger partial charge on any atom is 0.0297 e. The van der Waals surface area contributed by atoms with Crippen molar-refractivity contribution in [1.82, 2.24) is 5.01 Å². The Morgan fingerprint density at radius 2 is 1.53 bits per heavy atom.